The fraction of sp³-hybridized carbons (Fsp3) is 1.00. The molecule has 0 radical (unpaired) electrons. The summed E-state index contributed by atoms with van der Waals surface area (Å²) in [6, 6.07) is 0. The van der Waals surface area contributed by atoms with E-state index in [9.17, 15) is 0 Å². The molecule has 5 unspecified atom stereocenters. The average Bonchev–Trinajstić information content (AvgIpc) is 2.85. The van der Waals surface area contributed by atoms with Gasteiger partial charge in [-0.25, -0.2) is 10.4 Å². The van der Waals surface area contributed by atoms with E-state index in [1.165, 1.54) is 38.6 Å². The van der Waals surface area contributed by atoms with Crippen LogP contribution in [0.5, 0.6) is 0 Å². The highest BCUT2D eigenvalue weighted by Crippen LogP contribution is 2.47. The molecule has 0 aromatic heterocycles. The maximum Gasteiger partial charge on any atom is 0.0774 e. The van der Waals surface area contributed by atoms with Gasteiger partial charge in [-0.15, -0.1) is 0 Å². The van der Waals surface area contributed by atoms with Crippen LogP contribution < -0.4 is 10.7 Å². The van der Waals surface area contributed by atoms with Gasteiger partial charge in [0, 0.05) is 6.54 Å². The summed E-state index contributed by atoms with van der Waals surface area (Å²) >= 11 is 0. The number of nitrogens with zero attached hydrogens (tertiary/aromatic N) is 1. The number of hydrazine groups is 1. The number of rotatable bonds is 2. The molecular weight excluding hydrogens is 210 g/mol. The van der Waals surface area contributed by atoms with Crippen molar-refractivity contribution in [2.75, 3.05) is 13.2 Å². The molecule has 2 aliphatic heterocycles. The Balaban J connectivity index is 1.77. The van der Waals surface area contributed by atoms with E-state index in [0.717, 1.165) is 30.3 Å². The predicted molar refractivity (Wildman–Crippen MR) is 70.0 cm³/mol. The van der Waals surface area contributed by atoms with Crippen molar-refractivity contribution in [3.05, 3.63) is 0 Å². The SMILES string of the molecule is CCC1CCC2C(CCN3NCNC23)C1CC. The minimum Gasteiger partial charge on any atom is -0.287 e. The van der Waals surface area contributed by atoms with Gasteiger partial charge in [-0.2, -0.15) is 0 Å². The highest BCUT2D eigenvalue weighted by atomic mass is 15.6. The molecule has 3 heteroatoms. The summed E-state index contributed by atoms with van der Waals surface area (Å²) in [4.78, 5) is 0. The van der Waals surface area contributed by atoms with Crippen molar-refractivity contribution in [3.8, 4) is 0 Å². The second-order valence-corrected chi connectivity index (χ2v) is 6.11. The monoisotopic (exact) mass is 237 g/mol. The Kier molecular flexibility index (Phi) is 3.42. The molecule has 2 N–H and O–H groups in total. The maximum absolute atomic E-state index is 3.65. The smallest absolute Gasteiger partial charge is 0.0774 e. The van der Waals surface area contributed by atoms with Crippen LogP contribution in [0, 0.1) is 23.7 Å². The van der Waals surface area contributed by atoms with Crippen molar-refractivity contribution in [3.63, 3.8) is 0 Å². The van der Waals surface area contributed by atoms with Crippen LogP contribution in [0.2, 0.25) is 0 Å². The Labute approximate surface area is 105 Å². The second kappa shape index (κ2) is 4.87. The summed E-state index contributed by atoms with van der Waals surface area (Å²) in [6.07, 6.45) is 7.71. The van der Waals surface area contributed by atoms with Gasteiger partial charge in [-0.3, -0.25) is 5.32 Å². The maximum atomic E-state index is 3.65. The summed E-state index contributed by atoms with van der Waals surface area (Å²) < 4.78 is 0. The molecule has 0 aromatic rings. The number of nitrogens with one attached hydrogen (secondary N) is 2. The first-order valence-corrected chi connectivity index (χ1v) is 7.58. The van der Waals surface area contributed by atoms with Crippen LogP contribution in [0.1, 0.15) is 46.0 Å². The van der Waals surface area contributed by atoms with E-state index in [2.05, 4.69) is 29.6 Å². The first-order valence-electron chi connectivity index (χ1n) is 7.58. The lowest BCUT2D eigenvalue weighted by Gasteiger charge is -2.50. The van der Waals surface area contributed by atoms with E-state index in [1.54, 1.807) is 0 Å². The Hall–Kier alpha value is -0.120. The molecule has 1 saturated carbocycles. The summed E-state index contributed by atoms with van der Waals surface area (Å²) in [7, 11) is 0. The topological polar surface area (TPSA) is 27.3 Å². The summed E-state index contributed by atoms with van der Waals surface area (Å²) in [5, 5.41) is 6.11. The van der Waals surface area contributed by atoms with Crippen LogP contribution in [-0.2, 0) is 0 Å². The number of piperidine rings is 1. The van der Waals surface area contributed by atoms with E-state index < -0.39 is 0 Å². The lowest BCUT2D eigenvalue weighted by molar-refractivity contribution is -0.0335. The zero-order valence-corrected chi connectivity index (χ0v) is 11.3. The molecule has 3 rings (SSSR count). The first kappa shape index (κ1) is 11.9. The van der Waals surface area contributed by atoms with Gasteiger partial charge in [-0.05, 0) is 42.9 Å². The van der Waals surface area contributed by atoms with Gasteiger partial charge in [0.05, 0.1) is 12.8 Å². The largest absolute Gasteiger partial charge is 0.287 e. The van der Waals surface area contributed by atoms with Gasteiger partial charge in [0.25, 0.3) is 0 Å². The van der Waals surface area contributed by atoms with E-state index >= 15 is 0 Å². The van der Waals surface area contributed by atoms with Crippen LogP contribution in [0.4, 0.5) is 0 Å². The first-order chi connectivity index (χ1) is 8.35. The fourth-order valence-corrected chi connectivity index (χ4v) is 4.81. The molecule has 98 valence electrons. The normalized spacial score (nSPS) is 46.6. The molecule has 0 amide bonds. The zero-order chi connectivity index (χ0) is 11.8. The average molecular weight is 237 g/mol. The molecule has 2 saturated heterocycles. The Morgan fingerprint density at radius 1 is 1.06 bits per heavy atom. The van der Waals surface area contributed by atoms with Gasteiger partial charge in [-0.1, -0.05) is 26.7 Å². The molecule has 17 heavy (non-hydrogen) atoms. The predicted octanol–water partition coefficient (Wildman–Crippen LogP) is 2.16. The molecule has 3 fully saturated rings. The van der Waals surface area contributed by atoms with Crippen molar-refractivity contribution in [2.45, 2.75) is 52.1 Å². The van der Waals surface area contributed by atoms with Crippen molar-refractivity contribution >= 4 is 0 Å². The third-order valence-electron chi connectivity index (χ3n) is 5.61. The molecule has 3 aliphatic rings. The van der Waals surface area contributed by atoms with Gasteiger partial charge in [0.15, 0.2) is 0 Å². The lowest BCUT2D eigenvalue weighted by atomic mass is 9.61. The van der Waals surface area contributed by atoms with Crippen LogP contribution >= 0.6 is 0 Å². The summed E-state index contributed by atoms with van der Waals surface area (Å²) in [6.45, 7) is 7.01. The molecule has 0 spiro atoms. The van der Waals surface area contributed by atoms with E-state index in [4.69, 9.17) is 0 Å². The van der Waals surface area contributed by atoms with Crippen molar-refractivity contribution < 1.29 is 0 Å². The summed E-state index contributed by atoms with van der Waals surface area (Å²) in [5.74, 6) is 3.87. The van der Waals surface area contributed by atoms with Crippen molar-refractivity contribution in [1.82, 2.24) is 15.8 Å². The zero-order valence-electron chi connectivity index (χ0n) is 11.3. The molecule has 5 atom stereocenters. The van der Waals surface area contributed by atoms with Crippen LogP contribution in [0.25, 0.3) is 0 Å². The molecule has 1 aliphatic carbocycles. The van der Waals surface area contributed by atoms with E-state index in [-0.39, 0.29) is 0 Å². The van der Waals surface area contributed by atoms with Crippen LogP contribution in [0.15, 0.2) is 0 Å². The van der Waals surface area contributed by atoms with E-state index in [1.807, 2.05) is 0 Å². The fourth-order valence-electron chi connectivity index (χ4n) is 4.81. The molecule has 0 bridgehead atoms. The van der Waals surface area contributed by atoms with Gasteiger partial charge in [0.1, 0.15) is 0 Å². The molecule has 0 aromatic carbocycles. The van der Waals surface area contributed by atoms with E-state index in [0.29, 0.717) is 6.17 Å². The Morgan fingerprint density at radius 2 is 1.94 bits per heavy atom. The van der Waals surface area contributed by atoms with Gasteiger partial charge < -0.3 is 0 Å². The number of hydrogen-bond donors (Lipinski definition) is 2. The van der Waals surface area contributed by atoms with Gasteiger partial charge in [0.2, 0.25) is 0 Å². The summed E-state index contributed by atoms with van der Waals surface area (Å²) in [5.41, 5.74) is 3.47. The molecular formula is C14H27N3. The third kappa shape index (κ3) is 1.92. The minimum atomic E-state index is 0.626. The van der Waals surface area contributed by atoms with Gasteiger partial charge >= 0.3 is 0 Å². The number of fused-ring (bicyclic) bond motifs is 3. The molecule has 2 heterocycles. The Bertz CT molecular complexity index is 268. The second-order valence-electron chi connectivity index (χ2n) is 6.11. The molecule has 3 nitrogen and oxygen atoms in total. The highest BCUT2D eigenvalue weighted by molar-refractivity contribution is 4.96. The van der Waals surface area contributed by atoms with Crippen molar-refractivity contribution in [1.29, 1.82) is 0 Å². The van der Waals surface area contributed by atoms with Crippen molar-refractivity contribution in [2.24, 2.45) is 23.7 Å². The highest BCUT2D eigenvalue weighted by Gasteiger charge is 2.46. The minimum absolute atomic E-state index is 0.626. The van der Waals surface area contributed by atoms with Crippen LogP contribution in [0.3, 0.4) is 0 Å². The third-order valence-corrected chi connectivity index (χ3v) is 5.61. The lowest BCUT2D eigenvalue weighted by Crippen LogP contribution is -2.55. The van der Waals surface area contributed by atoms with Crippen LogP contribution in [-0.4, -0.2) is 24.4 Å². The standard InChI is InChI=1S/C14H27N3/c1-3-10-5-6-13-12(11(10)4-2)7-8-17-14(13)15-9-16-17/h10-16H,3-9H2,1-2H3. The quantitative estimate of drug-likeness (QED) is 0.771. The Morgan fingerprint density at radius 3 is 2.71 bits per heavy atom. The number of hydrogen-bond acceptors (Lipinski definition) is 3.